The fourth-order valence-electron chi connectivity index (χ4n) is 4.15. The molecule has 0 spiro atoms. The van der Waals surface area contributed by atoms with E-state index in [9.17, 15) is 9.59 Å². The van der Waals surface area contributed by atoms with Gasteiger partial charge in [-0.05, 0) is 59.2 Å². The second-order valence-corrected chi connectivity index (χ2v) is 8.93. The molecule has 1 aromatic carbocycles. The lowest BCUT2D eigenvalue weighted by Crippen LogP contribution is -2.44. The van der Waals surface area contributed by atoms with Gasteiger partial charge in [0.1, 0.15) is 0 Å². The zero-order valence-electron chi connectivity index (χ0n) is 16.0. The van der Waals surface area contributed by atoms with Crippen molar-refractivity contribution in [2.24, 2.45) is 11.3 Å². The highest BCUT2D eigenvalue weighted by Crippen LogP contribution is 2.39. The Morgan fingerprint density at radius 1 is 1.15 bits per heavy atom. The van der Waals surface area contributed by atoms with E-state index in [-0.39, 0.29) is 17.7 Å². The Balaban J connectivity index is 1.55. The van der Waals surface area contributed by atoms with Gasteiger partial charge in [0.2, 0.25) is 11.8 Å². The Kier molecular flexibility index (Phi) is 4.81. The van der Waals surface area contributed by atoms with Crippen molar-refractivity contribution in [3.63, 3.8) is 0 Å². The van der Waals surface area contributed by atoms with Crippen LogP contribution in [0.2, 0.25) is 0 Å². The number of thiophene rings is 1. The van der Waals surface area contributed by atoms with Gasteiger partial charge >= 0.3 is 0 Å². The smallest absolute Gasteiger partial charge is 0.230 e. The van der Waals surface area contributed by atoms with Gasteiger partial charge in [-0.3, -0.25) is 9.59 Å². The van der Waals surface area contributed by atoms with Crippen molar-refractivity contribution >= 4 is 23.2 Å². The SMILES string of the molecule is CN(C)C(=O)[C@]1(Cc2ccc(-c3ccsc3)cc2)CCN(C(=O)C2CC2)C1. The quantitative estimate of drug-likeness (QED) is 0.792. The van der Waals surface area contributed by atoms with Gasteiger partial charge in [-0.15, -0.1) is 0 Å². The maximum Gasteiger partial charge on any atom is 0.230 e. The maximum absolute atomic E-state index is 13.1. The molecule has 1 aliphatic heterocycles. The van der Waals surface area contributed by atoms with Gasteiger partial charge in [0.15, 0.2) is 0 Å². The highest BCUT2D eigenvalue weighted by atomic mass is 32.1. The molecule has 0 N–H and O–H groups in total. The number of benzene rings is 1. The lowest BCUT2D eigenvalue weighted by molar-refractivity contribution is -0.139. The van der Waals surface area contributed by atoms with Crippen LogP contribution < -0.4 is 0 Å². The van der Waals surface area contributed by atoms with Gasteiger partial charge < -0.3 is 9.80 Å². The monoisotopic (exact) mass is 382 g/mol. The second-order valence-electron chi connectivity index (χ2n) is 8.15. The standard InChI is InChI=1S/C22H26N2O2S/c1-23(2)21(26)22(10-11-24(15-22)20(25)18-7-8-18)13-16-3-5-17(6-4-16)19-9-12-27-14-19/h3-6,9,12,14,18H,7-8,10-11,13,15H2,1-2H3/t22-/m0/s1. The van der Waals surface area contributed by atoms with Crippen LogP contribution in [0.15, 0.2) is 41.1 Å². The zero-order valence-corrected chi connectivity index (χ0v) is 16.8. The van der Waals surface area contributed by atoms with Crippen molar-refractivity contribution < 1.29 is 9.59 Å². The Labute approximate surface area is 164 Å². The minimum absolute atomic E-state index is 0.135. The Hall–Kier alpha value is -2.14. The number of amides is 2. The molecule has 0 bridgehead atoms. The van der Waals surface area contributed by atoms with E-state index in [1.54, 1.807) is 16.2 Å². The number of nitrogens with zero attached hydrogens (tertiary/aromatic N) is 2. The Bertz CT molecular complexity index is 825. The third-order valence-corrected chi connectivity index (χ3v) is 6.49. The van der Waals surface area contributed by atoms with Crippen molar-refractivity contribution in [3.8, 4) is 11.1 Å². The summed E-state index contributed by atoms with van der Waals surface area (Å²) in [5.74, 6) is 0.590. The molecule has 0 unspecified atom stereocenters. The molecule has 142 valence electrons. The largest absolute Gasteiger partial charge is 0.348 e. The molecular weight excluding hydrogens is 356 g/mol. The van der Waals surface area contributed by atoms with Crippen LogP contribution in [0.1, 0.15) is 24.8 Å². The normalized spacial score (nSPS) is 22.1. The minimum atomic E-state index is -0.502. The van der Waals surface area contributed by atoms with E-state index in [2.05, 4.69) is 41.1 Å². The summed E-state index contributed by atoms with van der Waals surface area (Å²) < 4.78 is 0. The molecule has 5 heteroatoms. The topological polar surface area (TPSA) is 40.6 Å². The molecule has 2 aliphatic rings. The van der Waals surface area contributed by atoms with Crippen LogP contribution in [-0.2, 0) is 16.0 Å². The molecule has 1 aliphatic carbocycles. The fourth-order valence-corrected chi connectivity index (χ4v) is 4.82. The highest BCUT2D eigenvalue weighted by molar-refractivity contribution is 7.08. The van der Waals surface area contributed by atoms with Gasteiger partial charge in [-0.1, -0.05) is 24.3 Å². The molecule has 1 atom stereocenters. The summed E-state index contributed by atoms with van der Waals surface area (Å²) in [6.45, 7) is 1.24. The van der Waals surface area contributed by atoms with E-state index < -0.39 is 5.41 Å². The van der Waals surface area contributed by atoms with E-state index in [4.69, 9.17) is 0 Å². The fraction of sp³-hybridized carbons (Fsp3) is 0.455. The molecule has 0 radical (unpaired) electrons. The molecule has 1 saturated heterocycles. The molecule has 4 rings (SSSR count). The molecule has 4 nitrogen and oxygen atoms in total. The number of carbonyl (C=O) groups is 2. The third-order valence-electron chi connectivity index (χ3n) is 5.80. The summed E-state index contributed by atoms with van der Waals surface area (Å²) in [5.41, 5.74) is 3.08. The van der Waals surface area contributed by atoms with Crippen LogP contribution in [0.5, 0.6) is 0 Å². The van der Waals surface area contributed by atoms with Crippen LogP contribution in [0.25, 0.3) is 11.1 Å². The molecular formula is C22H26N2O2S. The number of likely N-dealkylation sites (tertiary alicyclic amines) is 1. The lowest BCUT2D eigenvalue weighted by Gasteiger charge is -2.31. The van der Waals surface area contributed by atoms with Crippen LogP contribution >= 0.6 is 11.3 Å². The van der Waals surface area contributed by atoms with Gasteiger partial charge in [0, 0.05) is 33.1 Å². The summed E-state index contributed by atoms with van der Waals surface area (Å²) in [6, 6.07) is 10.6. The van der Waals surface area contributed by atoms with E-state index in [0.29, 0.717) is 19.5 Å². The first-order valence-corrected chi connectivity index (χ1v) is 10.5. The predicted octanol–water partition coefficient (Wildman–Crippen LogP) is 3.67. The van der Waals surface area contributed by atoms with Crippen LogP contribution in [0.4, 0.5) is 0 Å². The first-order chi connectivity index (χ1) is 13.0. The van der Waals surface area contributed by atoms with E-state index in [0.717, 1.165) is 24.8 Å². The lowest BCUT2D eigenvalue weighted by atomic mass is 9.79. The number of hydrogen-bond acceptors (Lipinski definition) is 3. The van der Waals surface area contributed by atoms with Gasteiger partial charge in [-0.25, -0.2) is 0 Å². The van der Waals surface area contributed by atoms with Crippen molar-refractivity contribution in [2.45, 2.75) is 25.7 Å². The number of carbonyl (C=O) groups excluding carboxylic acids is 2. The van der Waals surface area contributed by atoms with Gasteiger partial charge in [0.25, 0.3) is 0 Å². The summed E-state index contributed by atoms with van der Waals surface area (Å²) >= 11 is 1.69. The summed E-state index contributed by atoms with van der Waals surface area (Å²) in [6.07, 6.45) is 3.44. The van der Waals surface area contributed by atoms with Crippen LogP contribution in [0.3, 0.4) is 0 Å². The Morgan fingerprint density at radius 2 is 1.89 bits per heavy atom. The second kappa shape index (κ2) is 7.12. The molecule has 2 aromatic rings. The first-order valence-electron chi connectivity index (χ1n) is 9.61. The number of hydrogen-bond donors (Lipinski definition) is 0. The van der Waals surface area contributed by atoms with Crippen molar-refractivity contribution in [2.75, 3.05) is 27.2 Å². The van der Waals surface area contributed by atoms with Crippen molar-refractivity contribution in [1.29, 1.82) is 0 Å². The molecule has 2 fully saturated rings. The minimum Gasteiger partial charge on any atom is -0.348 e. The Morgan fingerprint density at radius 3 is 2.48 bits per heavy atom. The summed E-state index contributed by atoms with van der Waals surface area (Å²) in [5, 5.41) is 4.22. The molecule has 27 heavy (non-hydrogen) atoms. The predicted molar refractivity (Wildman–Crippen MR) is 109 cm³/mol. The summed E-state index contributed by atoms with van der Waals surface area (Å²) in [7, 11) is 3.63. The van der Waals surface area contributed by atoms with E-state index in [1.807, 2.05) is 19.0 Å². The van der Waals surface area contributed by atoms with Crippen LogP contribution in [-0.4, -0.2) is 48.8 Å². The summed E-state index contributed by atoms with van der Waals surface area (Å²) in [4.78, 5) is 29.2. The first kappa shape index (κ1) is 18.2. The van der Waals surface area contributed by atoms with Crippen molar-refractivity contribution in [1.82, 2.24) is 9.80 Å². The maximum atomic E-state index is 13.1. The average Bonchev–Trinajstić information content (AvgIpc) is 3.20. The van der Waals surface area contributed by atoms with E-state index in [1.165, 1.54) is 11.1 Å². The molecule has 2 amide bonds. The zero-order chi connectivity index (χ0) is 19.0. The number of rotatable bonds is 5. The molecule has 1 aromatic heterocycles. The average molecular weight is 383 g/mol. The molecule has 1 saturated carbocycles. The van der Waals surface area contributed by atoms with Crippen molar-refractivity contribution in [3.05, 3.63) is 46.7 Å². The van der Waals surface area contributed by atoms with Gasteiger partial charge in [-0.2, -0.15) is 11.3 Å². The molecule has 2 heterocycles. The van der Waals surface area contributed by atoms with Crippen LogP contribution in [0, 0.1) is 11.3 Å². The third kappa shape index (κ3) is 3.65. The van der Waals surface area contributed by atoms with E-state index >= 15 is 0 Å². The highest BCUT2D eigenvalue weighted by Gasteiger charge is 2.48. The van der Waals surface area contributed by atoms with Gasteiger partial charge in [0.05, 0.1) is 5.41 Å².